The summed E-state index contributed by atoms with van der Waals surface area (Å²) in [6, 6.07) is 30.2. The summed E-state index contributed by atoms with van der Waals surface area (Å²) in [6.45, 7) is 8.56. The van der Waals surface area contributed by atoms with E-state index in [1.54, 1.807) is 50.6 Å². The Hall–Kier alpha value is -8.47. The van der Waals surface area contributed by atoms with Gasteiger partial charge in [-0.1, -0.05) is 34.8 Å². The zero-order chi connectivity index (χ0) is 72.4. The first kappa shape index (κ1) is 77.7. The fourth-order valence-electron chi connectivity index (χ4n) is 11.5. The van der Waals surface area contributed by atoms with Crippen LogP contribution in [0.5, 0.6) is 29.0 Å². The normalized spacial score (nSPS) is 16.3. The van der Waals surface area contributed by atoms with E-state index < -0.39 is 18.4 Å². The van der Waals surface area contributed by atoms with Crippen LogP contribution in [0.15, 0.2) is 97.8 Å². The number of pyridine rings is 5. The Labute approximate surface area is 614 Å². The first-order valence-electron chi connectivity index (χ1n) is 33.8. The second kappa shape index (κ2) is 39.3. The van der Waals surface area contributed by atoms with Crippen molar-refractivity contribution in [3.8, 4) is 70.0 Å². The van der Waals surface area contributed by atoms with E-state index in [1.807, 2.05) is 24.3 Å². The second-order valence-electron chi connectivity index (χ2n) is 25.6. The molecule has 536 valence electrons. The van der Waals surface area contributed by atoms with Crippen molar-refractivity contribution in [2.45, 2.75) is 109 Å². The molecular formula is C72H85Cl3N18O8Sn. The van der Waals surface area contributed by atoms with Gasteiger partial charge in [-0.05, 0) is 126 Å². The first-order chi connectivity index (χ1) is 49.4. The van der Waals surface area contributed by atoms with Crippen molar-refractivity contribution in [1.29, 1.82) is 15.8 Å². The number of nitriles is 3. The predicted octanol–water partition coefficient (Wildman–Crippen LogP) is 11.9. The molecule has 26 nitrogen and oxygen atoms in total. The number of likely N-dealkylation sites (tertiary alicyclic amines) is 2. The van der Waals surface area contributed by atoms with Crippen molar-refractivity contribution in [3.05, 3.63) is 142 Å². The van der Waals surface area contributed by atoms with Crippen molar-refractivity contribution in [3.63, 3.8) is 0 Å². The maximum absolute atomic E-state index is 9.66. The molecule has 5 aliphatic rings. The molecule has 8 aromatic rings. The number of hydrogen-bond donors (Lipinski definition) is 2. The molecule has 5 saturated heterocycles. The Morgan fingerprint density at radius 2 is 0.863 bits per heavy atom. The minimum absolute atomic E-state index is 0.0266. The summed E-state index contributed by atoms with van der Waals surface area (Å²) in [4.78, 5) is 57.6. The summed E-state index contributed by atoms with van der Waals surface area (Å²) in [7, 11) is 7.62. The third-order valence-electron chi connectivity index (χ3n) is 17.2. The Bertz CT molecular complexity index is 4130. The molecule has 102 heavy (non-hydrogen) atoms. The van der Waals surface area contributed by atoms with E-state index in [0.29, 0.717) is 129 Å². The van der Waals surface area contributed by atoms with Crippen LogP contribution in [-0.4, -0.2) is 195 Å². The van der Waals surface area contributed by atoms with Gasteiger partial charge in [-0.3, -0.25) is 0 Å². The molecule has 0 amide bonds. The molecule has 0 aromatic carbocycles. The second-order valence-corrected chi connectivity index (χ2v) is 41.1. The molecule has 0 unspecified atom stereocenters. The number of methoxy groups -OCH3 is 2. The number of nitrogens with zero attached hydrogens (tertiary/aromatic N) is 16. The molecule has 0 saturated carbocycles. The zero-order valence-electron chi connectivity index (χ0n) is 58.4. The molecule has 3 N–H and O–H groups in total. The third-order valence-corrected chi connectivity index (χ3v) is 23.0. The fraction of sp³-hybridized carbons (Fsp3) is 0.444. The van der Waals surface area contributed by atoms with Crippen LogP contribution in [0, 0.1) is 34.0 Å². The van der Waals surface area contributed by atoms with E-state index in [-0.39, 0.29) is 29.7 Å². The number of halogens is 3. The Balaban J connectivity index is 0.000000160. The summed E-state index contributed by atoms with van der Waals surface area (Å²) in [6.07, 6.45) is 13.9. The number of ether oxygens (including phenoxy) is 8. The number of hydrogen-bond acceptors (Lipinski definition) is 26. The SMILES string of the molecule is COc1nc(N)ccc1C1CCN(C)CC1.COc1nc(Nc2cc(-c3ccc(OC4CCOCC4)c(C#N)n3)ncn2)ccc1C1CCN(C)CC1.Clc1cc(Cl)ncn1.N#Cc1nc(-c2cc(Cl)ncn2)ccc1OC1CCOCC1.[CH3][Sn]([CH3])([CH3])[c]1ccc(OC2CCOCC2)c(C#N)n1. The van der Waals surface area contributed by atoms with Crippen molar-refractivity contribution < 1.29 is 37.9 Å². The fourth-order valence-corrected chi connectivity index (χ4v) is 15.0. The van der Waals surface area contributed by atoms with Crippen LogP contribution < -0.4 is 38.4 Å². The van der Waals surface area contributed by atoms with Crippen molar-refractivity contribution in [2.75, 3.05) is 105 Å². The standard InChI is InChI=1S/C27H31N7O3.C15H13ClN4O2.C12H19N3O.C11H11N2O2.C4H2Cl2N2.3CH3.Sn/c1-34-11-7-18(8-12-34)20-3-6-25(33-27(20)35-2)32-26-15-22(29-17-30-26)21-4-5-24(23(16-28)31-21)37-19-9-13-36-14-10-19;16-15-7-12(18-9-19-15)11-1-2-14(13(8-17)20-11)22-10-3-5-21-6-4-10;1-15-7-5-9(6-8-15)10-3-4-11(13)14-12(10)16-2;12-8-10-11(2-1-5-13-10)15-9-3-6-14-7-4-9;5-3-1-4(6)8-2-7-3;;;;/h3-6,15,17-19H,7-14H2,1-2H3,(H,29,30,32,33);1-2,7,9-10H,3-6H2;3-4,9H,5-8H2,1-2H3,(H2,13,14);1-2,9H,3-4,6-7H2;1-2H;3*1H3;. The number of nitrogens with one attached hydrogen (secondary N) is 1. The number of aromatic nitrogens is 11. The van der Waals surface area contributed by atoms with E-state index in [4.69, 9.17) is 78.4 Å². The van der Waals surface area contributed by atoms with E-state index >= 15 is 0 Å². The number of nitrogen functional groups attached to an aromatic ring is 1. The van der Waals surface area contributed by atoms with Crippen LogP contribution in [0.4, 0.5) is 17.5 Å². The van der Waals surface area contributed by atoms with Gasteiger partial charge < -0.3 is 49.3 Å². The molecule has 30 heteroatoms. The summed E-state index contributed by atoms with van der Waals surface area (Å²) in [5.74, 6) is 5.62. The van der Waals surface area contributed by atoms with E-state index in [1.165, 1.54) is 43.5 Å². The quantitative estimate of drug-likeness (QED) is 0.0711. The van der Waals surface area contributed by atoms with E-state index in [0.717, 1.165) is 100 Å². The Kier molecular flexibility index (Phi) is 29.9. The van der Waals surface area contributed by atoms with Gasteiger partial charge >= 0.3 is 118 Å². The summed E-state index contributed by atoms with van der Waals surface area (Å²) in [5, 5.41) is 32.5. The maximum atomic E-state index is 9.66. The van der Waals surface area contributed by atoms with Crippen molar-refractivity contribution >= 4 is 74.3 Å². The number of piperidine rings is 2. The first-order valence-corrected chi connectivity index (χ1v) is 44.9. The van der Waals surface area contributed by atoms with Crippen LogP contribution in [0.25, 0.3) is 22.8 Å². The summed E-state index contributed by atoms with van der Waals surface area (Å²) < 4.78 is 45.8. The van der Waals surface area contributed by atoms with E-state index in [2.05, 4.69) is 129 Å². The van der Waals surface area contributed by atoms with Gasteiger partial charge in [-0.25, -0.2) is 39.9 Å². The molecule has 13 heterocycles. The van der Waals surface area contributed by atoms with Gasteiger partial charge in [0, 0.05) is 55.0 Å². The Morgan fingerprint density at radius 1 is 0.461 bits per heavy atom. The molecule has 8 aromatic heterocycles. The monoisotopic (exact) mass is 1550 g/mol. The van der Waals surface area contributed by atoms with Crippen LogP contribution in [0.2, 0.25) is 30.3 Å². The van der Waals surface area contributed by atoms with Gasteiger partial charge in [0.2, 0.25) is 11.8 Å². The topological polar surface area (TPSA) is 332 Å². The Morgan fingerprint density at radius 3 is 1.28 bits per heavy atom. The molecule has 5 aliphatic heterocycles. The van der Waals surface area contributed by atoms with Gasteiger partial charge in [0.15, 0.2) is 22.9 Å². The molecule has 0 radical (unpaired) electrons. The zero-order valence-corrected chi connectivity index (χ0v) is 63.5. The molecule has 5 fully saturated rings. The summed E-state index contributed by atoms with van der Waals surface area (Å²) in [5.41, 5.74) is 11.1. The molecule has 0 atom stereocenters. The van der Waals surface area contributed by atoms with Crippen molar-refractivity contribution in [2.24, 2.45) is 0 Å². The minimum atomic E-state index is -2.22. The van der Waals surface area contributed by atoms with Gasteiger partial charge in [0.05, 0.1) is 63.4 Å². The third kappa shape index (κ3) is 23.5. The number of nitrogens with two attached hydrogens (primary N) is 1. The van der Waals surface area contributed by atoms with Gasteiger partial charge in [-0.2, -0.15) is 20.5 Å². The van der Waals surface area contributed by atoms with Crippen LogP contribution >= 0.6 is 34.8 Å². The molecule has 13 rings (SSSR count). The average Bonchev–Trinajstić information content (AvgIpc) is 0.837. The van der Waals surface area contributed by atoms with Crippen LogP contribution in [-0.2, 0) is 14.2 Å². The molecule has 0 aliphatic carbocycles. The van der Waals surface area contributed by atoms with Crippen LogP contribution in [0.3, 0.4) is 0 Å². The summed E-state index contributed by atoms with van der Waals surface area (Å²) >= 11 is 14.4. The van der Waals surface area contributed by atoms with Crippen molar-refractivity contribution in [1.82, 2.24) is 64.6 Å². The van der Waals surface area contributed by atoms with E-state index in [9.17, 15) is 15.8 Å². The molecular weight excluding hydrogens is 1470 g/mol. The predicted molar refractivity (Wildman–Crippen MR) is 391 cm³/mol. The molecule has 0 spiro atoms. The average molecular weight is 1560 g/mol. The number of rotatable bonds is 15. The van der Waals surface area contributed by atoms with Crippen LogP contribution in [0.1, 0.15) is 104 Å². The van der Waals surface area contributed by atoms with Gasteiger partial charge in [0.1, 0.15) is 76.2 Å². The molecule has 0 bridgehead atoms. The number of anilines is 3. The van der Waals surface area contributed by atoms with Gasteiger partial charge in [0.25, 0.3) is 0 Å². The van der Waals surface area contributed by atoms with Gasteiger partial charge in [-0.15, -0.1) is 0 Å².